The van der Waals surface area contributed by atoms with Gasteiger partial charge in [0.15, 0.2) is 5.69 Å². The van der Waals surface area contributed by atoms with Crippen LogP contribution in [0.1, 0.15) is 29.4 Å². The van der Waals surface area contributed by atoms with Gasteiger partial charge in [-0.2, -0.15) is 13.2 Å². The first-order valence-electron chi connectivity index (χ1n) is 5.60. The van der Waals surface area contributed by atoms with E-state index in [9.17, 15) is 13.2 Å². The van der Waals surface area contributed by atoms with E-state index in [2.05, 4.69) is 10.3 Å². The lowest BCUT2D eigenvalue weighted by Gasteiger charge is -2.08. The summed E-state index contributed by atoms with van der Waals surface area (Å²) in [6, 6.07) is 0. The molecule has 1 aromatic rings. The topological polar surface area (TPSA) is 34.1 Å². The highest BCUT2D eigenvalue weighted by atomic mass is 32.1. The number of nitrogens with zero attached hydrogens (tertiary/aromatic N) is 1. The Morgan fingerprint density at radius 2 is 2.06 bits per heavy atom. The predicted molar refractivity (Wildman–Crippen MR) is 64.4 cm³/mol. The summed E-state index contributed by atoms with van der Waals surface area (Å²) in [5.41, 5.74) is -0.796. The Balaban J connectivity index is 2.80. The molecular formula is C11H17F3N2OS. The number of hydrogen-bond acceptors (Lipinski definition) is 4. The number of methoxy groups -OCH3 is 1. The number of alkyl halides is 3. The summed E-state index contributed by atoms with van der Waals surface area (Å²) in [5.74, 6) is 0.394. The molecular weight excluding hydrogens is 265 g/mol. The highest BCUT2D eigenvalue weighted by Gasteiger charge is 2.37. The summed E-state index contributed by atoms with van der Waals surface area (Å²) in [7, 11) is 1.44. The molecule has 0 bridgehead atoms. The Morgan fingerprint density at radius 1 is 1.39 bits per heavy atom. The maximum Gasteiger partial charge on any atom is 0.434 e. The Hall–Kier alpha value is -0.660. The molecule has 0 aliphatic rings. The van der Waals surface area contributed by atoms with Crippen molar-refractivity contribution in [2.75, 3.05) is 13.7 Å². The molecule has 104 valence electrons. The van der Waals surface area contributed by atoms with Gasteiger partial charge in [-0.25, -0.2) is 4.98 Å². The summed E-state index contributed by atoms with van der Waals surface area (Å²) < 4.78 is 43.1. The van der Waals surface area contributed by atoms with Gasteiger partial charge in [-0.15, -0.1) is 11.3 Å². The number of hydrogen-bond donors (Lipinski definition) is 1. The van der Waals surface area contributed by atoms with E-state index >= 15 is 0 Å². The van der Waals surface area contributed by atoms with Gasteiger partial charge in [-0.3, -0.25) is 0 Å². The Bertz CT molecular complexity index is 377. The van der Waals surface area contributed by atoms with Crippen LogP contribution in [-0.2, 0) is 24.1 Å². The van der Waals surface area contributed by atoms with Crippen molar-refractivity contribution in [1.29, 1.82) is 0 Å². The SMILES string of the molecule is COCc1nc(C(F)(F)F)c(CNCC(C)C)s1. The molecule has 0 saturated heterocycles. The second kappa shape index (κ2) is 6.49. The first-order valence-corrected chi connectivity index (χ1v) is 6.41. The molecule has 18 heavy (non-hydrogen) atoms. The Labute approximate surface area is 108 Å². The molecule has 1 aromatic heterocycles. The second-order valence-electron chi connectivity index (χ2n) is 4.33. The molecule has 0 atom stereocenters. The lowest BCUT2D eigenvalue weighted by Crippen LogP contribution is -2.20. The summed E-state index contributed by atoms with van der Waals surface area (Å²) in [6.45, 7) is 4.97. The monoisotopic (exact) mass is 282 g/mol. The minimum absolute atomic E-state index is 0.109. The zero-order valence-corrected chi connectivity index (χ0v) is 11.4. The van der Waals surface area contributed by atoms with Gasteiger partial charge < -0.3 is 10.1 Å². The van der Waals surface area contributed by atoms with Crippen LogP contribution in [0.15, 0.2) is 0 Å². The van der Waals surface area contributed by atoms with Gasteiger partial charge in [0.2, 0.25) is 0 Å². The third kappa shape index (κ3) is 4.55. The van der Waals surface area contributed by atoms with E-state index in [1.807, 2.05) is 13.8 Å². The van der Waals surface area contributed by atoms with Crippen molar-refractivity contribution in [3.05, 3.63) is 15.6 Å². The van der Waals surface area contributed by atoms with Gasteiger partial charge in [-0.1, -0.05) is 13.8 Å². The number of rotatable bonds is 6. The molecule has 0 spiro atoms. The first kappa shape index (κ1) is 15.4. The smallest absolute Gasteiger partial charge is 0.378 e. The molecule has 1 heterocycles. The molecule has 1 rings (SSSR count). The summed E-state index contributed by atoms with van der Waals surface area (Å²) in [6.07, 6.45) is -4.41. The van der Waals surface area contributed by atoms with E-state index in [4.69, 9.17) is 4.74 Å². The fraction of sp³-hybridized carbons (Fsp3) is 0.727. The van der Waals surface area contributed by atoms with Crippen LogP contribution >= 0.6 is 11.3 Å². The first-order chi connectivity index (χ1) is 8.34. The van der Waals surface area contributed by atoms with Gasteiger partial charge in [0.05, 0.1) is 11.5 Å². The molecule has 0 amide bonds. The molecule has 0 unspecified atom stereocenters. The van der Waals surface area contributed by atoms with Gasteiger partial charge in [0.25, 0.3) is 0 Å². The van der Waals surface area contributed by atoms with Crippen LogP contribution in [0.2, 0.25) is 0 Å². The maximum absolute atomic E-state index is 12.8. The number of thiazole rings is 1. The molecule has 3 nitrogen and oxygen atoms in total. The van der Waals surface area contributed by atoms with E-state index in [1.54, 1.807) is 0 Å². The van der Waals surface area contributed by atoms with Crippen LogP contribution in [0.25, 0.3) is 0 Å². The second-order valence-corrected chi connectivity index (χ2v) is 5.50. The molecule has 0 aliphatic carbocycles. The van der Waals surface area contributed by atoms with E-state index in [0.717, 1.165) is 11.3 Å². The molecule has 7 heteroatoms. The molecule has 0 saturated carbocycles. The van der Waals surface area contributed by atoms with Crippen molar-refractivity contribution >= 4 is 11.3 Å². The molecule has 0 radical (unpaired) electrons. The fourth-order valence-corrected chi connectivity index (χ4v) is 2.43. The van der Waals surface area contributed by atoms with Crippen LogP contribution in [-0.4, -0.2) is 18.6 Å². The minimum Gasteiger partial charge on any atom is -0.378 e. The Kier molecular flexibility index (Phi) is 5.55. The third-order valence-electron chi connectivity index (χ3n) is 2.12. The quantitative estimate of drug-likeness (QED) is 0.870. The highest BCUT2D eigenvalue weighted by molar-refractivity contribution is 7.11. The summed E-state index contributed by atoms with van der Waals surface area (Å²) in [5, 5.41) is 3.35. The minimum atomic E-state index is -4.41. The van der Waals surface area contributed by atoms with Crippen molar-refractivity contribution in [2.45, 2.75) is 33.2 Å². The van der Waals surface area contributed by atoms with Crippen LogP contribution in [0.3, 0.4) is 0 Å². The Morgan fingerprint density at radius 3 is 2.56 bits per heavy atom. The lowest BCUT2D eigenvalue weighted by molar-refractivity contribution is -0.141. The fourth-order valence-electron chi connectivity index (χ4n) is 1.40. The van der Waals surface area contributed by atoms with Gasteiger partial charge in [-0.05, 0) is 12.5 Å². The summed E-state index contributed by atoms with van der Waals surface area (Å²) >= 11 is 1.04. The molecule has 1 N–H and O–H groups in total. The lowest BCUT2D eigenvalue weighted by atomic mass is 10.2. The van der Waals surface area contributed by atoms with Gasteiger partial charge >= 0.3 is 6.18 Å². The van der Waals surface area contributed by atoms with Crippen molar-refractivity contribution in [3.63, 3.8) is 0 Å². The number of aromatic nitrogens is 1. The largest absolute Gasteiger partial charge is 0.434 e. The normalized spacial score (nSPS) is 12.4. The van der Waals surface area contributed by atoms with E-state index in [-0.39, 0.29) is 18.0 Å². The van der Waals surface area contributed by atoms with Crippen molar-refractivity contribution < 1.29 is 17.9 Å². The number of nitrogens with one attached hydrogen (secondary N) is 1. The van der Waals surface area contributed by atoms with Crippen LogP contribution in [0.4, 0.5) is 13.2 Å². The van der Waals surface area contributed by atoms with Crippen LogP contribution < -0.4 is 5.32 Å². The molecule has 0 fully saturated rings. The number of ether oxygens (including phenoxy) is 1. The third-order valence-corrected chi connectivity index (χ3v) is 3.14. The molecule has 0 aromatic carbocycles. The average Bonchev–Trinajstić information content (AvgIpc) is 2.61. The van der Waals surface area contributed by atoms with Crippen molar-refractivity contribution in [2.24, 2.45) is 5.92 Å². The number of halogens is 3. The maximum atomic E-state index is 12.8. The molecule has 0 aliphatic heterocycles. The van der Waals surface area contributed by atoms with E-state index in [1.165, 1.54) is 7.11 Å². The zero-order valence-electron chi connectivity index (χ0n) is 10.6. The zero-order chi connectivity index (χ0) is 13.8. The standard InChI is InChI=1S/C11H17F3N2OS/c1-7(2)4-15-5-8-10(11(12,13)14)16-9(18-8)6-17-3/h7,15H,4-6H2,1-3H3. The van der Waals surface area contributed by atoms with Crippen LogP contribution in [0, 0.1) is 5.92 Å². The predicted octanol–water partition coefficient (Wildman–Crippen LogP) is 3.05. The average molecular weight is 282 g/mol. The van der Waals surface area contributed by atoms with Crippen molar-refractivity contribution in [3.8, 4) is 0 Å². The van der Waals surface area contributed by atoms with Crippen LogP contribution in [0.5, 0.6) is 0 Å². The van der Waals surface area contributed by atoms with Gasteiger partial charge in [0.1, 0.15) is 5.01 Å². The van der Waals surface area contributed by atoms with Gasteiger partial charge in [0, 0.05) is 13.7 Å². The van der Waals surface area contributed by atoms with E-state index < -0.39 is 11.9 Å². The van der Waals surface area contributed by atoms with E-state index in [0.29, 0.717) is 17.5 Å². The highest BCUT2D eigenvalue weighted by Crippen LogP contribution is 2.34. The summed E-state index contributed by atoms with van der Waals surface area (Å²) in [4.78, 5) is 3.82. The van der Waals surface area contributed by atoms with Crippen molar-refractivity contribution in [1.82, 2.24) is 10.3 Å².